The van der Waals surface area contributed by atoms with Gasteiger partial charge in [0.2, 0.25) is 0 Å². The van der Waals surface area contributed by atoms with E-state index in [9.17, 15) is 4.39 Å². The molecule has 2 N–H and O–H groups in total. The predicted molar refractivity (Wildman–Crippen MR) is 28.1 cm³/mol. The summed E-state index contributed by atoms with van der Waals surface area (Å²) in [5.74, 6) is -1.45. The molecule has 0 amide bonds. The molecular weight excluding hydrogens is 109 g/mol. The van der Waals surface area contributed by atoms with Crippen LogP contribution in [0, 0.1) is 0 Å². The van der Waals surface area contributed by atoms with E-state index in [-0.39, 0.29) is 0 Å². The van der Waals surface area contributed by atoms with Gasteiger partial charge in [-0.15, -0.1) is 0 Å². The maximum atomic E-state index is 12.6. The highest BCUT2D eigenvalue weighted by Crippen LogP contribution is 2.17. The summed E-state index contributed by atoms with van der Waals surface area (Å²) in [5, 5.41) is 0. The number of hydrogen-bond donors (Lipinski definition) is 1. The molecule has 3 heteroatoms. The average Bonchev–Trinajstić information content (AvgIpc) is 1.65. The van der Waals surface area contributed by atoms with Gasteiger partial charge in [-0.1, -0.05) is 0 Å². The summed E-state index contributed by atoms with van der Waals surface area (Å²) in [6.07, 6.45) is 0.681. The fourth-order valence-electron chi connectivity index (χ4n) is 0.711. The fourth-order valence-corrected chi connectivity index (χ4v) is 0.711. The van der Waals surface area contributed by atoms with Gasteiger partial charge in [-0.2, -0.15) is 0 Å². The van der Waals surface area contributed by atoms with Crippen molar-refractivity contribution in [1.29, 1.82) is 0 Å². The predicted octanol–water partition coefficient (Wildman–Crippen LogP) is 0.421. The van der Waals surface area contributed by atoms with Crippen molar-refractivity contribution in [3.8, 4) is 0 Å². The van der Waals surface area contributed by atoms with Gasteiger partial charge in [0.15, 0.2) is 5.79 Å². The van der Waals surface area contributed by atoms with Crippen LogP contribution in [0.5, 0.6) is 0 Å². The molecule has 0 spiro atoms. The van der Waals surface area contributed by atoms with E-state index >= 15 is 0 Å². The van der Waals surface area contributed by atoms with Crippen LogP contribution in [0.4, 0.5) is 4.39 Å². The molecule has 0 radical (unpaired) electrons. The molecule has 1 aliphatic heterocycles. The number of alkyl halides is 1. The lowest BCUT2D eigenvalue weighted by atomic mass is 10.1. The Hall–Kier alpha value is -0.150. The van der Waals surface area contributed by atoms with E-state index in [2.05, 4.69) is 0 Å². The number of halogens is 1. The Morgan fingerprint density at radius 2 is 1.88 bits per heavy atom. The first kappa shape index (κ1) is 5.98. The zero-order valence-electron chi connectivity index (χ0n) is 4.69. The summed E-state index contributed by atoms with van der Waals surface area (Å²) in [4.78, 5) is 0. The van der Waals surface area contributed by atoms with Crippen LogP contribution in [0.1, 0.15) is 12.8 Å². The third-order valence-corrected chi connectivity index (χ3v) is 1.32. The molecule has 2 nitrogen and oxygen atoms in total. The van der Waals surface area contributed by atoms with Crippen LogP contribution in [0.25, 0.3) is 0 Å². The molecule has 0 aromatic carbocycles. The van der Waals surface area contributed by atoms with Crippen LogP contribution < -0.4 is 5.73 Å². The molecule has 0 saturated carbocycles. The van der Waals surface area contributed by atoms with Crippen molar-refractivity contribution in [2.45, 2.75) is 18.6 Å². The van der Waals surface area contributed by atoms with E-state index in [0.29, 0.717) is 26.1 Å². The molecule has 8 heavy (non-hydrogen) atoms. The molecule has 1 heterocycles. The molecule has 0 bridgehead atoms. The Morgan fingerprint density at radius 3 is 2.12 bits per heavy atom. The van der Waals surface area contributed by atoms with Gasteiger partial charge >= 0.3 is 0 Å². The number of hydrogen-bond acceptors (Lipinski definition) is 2. The Bertz CT molecular complexity index is 76.5. The topological polar surface area (TPSA) is 35.2 Å². The molecule has 0 aromatic rings. The average molecular weight is 119 g/mol. The minimum Gasteiger partial charge on any atom is -0.381 e. The van der Waals surface area contributed by atoms with Crippen molar-refractivity contribution >= 4 is 0 Å². The quantitative estimate of drug-likeness (QED) is 0.469. The van der Waals surface area contributed by atoms with Crippen molar-refractivity contribution in [3.05, 3.63) is 0 Å². The van der Waals surface area contributed by atoms with Crippen molar-refractivity contribution in [1.82, 2.24) is 0 Å². The van der Waals surface area contributed by atoms with Crippen molar-refractivity contribution in [2.24, 2.45) is 5.73 Å². The second kappa shape index (κ2) is 1.99. The lowest BCUT2D eigenvalue weighted by Crippen LogP contribution is -2.40. The molecule has 0 aromatic heterocycles. The first-order valence-corrected chi connectivity index (χ1v) is 2.76. The van der Waals surface area contributed by atoms with Crippen LogP contribution in [-0.4, -0.2) is 19.0 Å². The lowest BCUT2D eigenvalue weighted by molar-refractivity contribution is -0.00483. The Balaban J connectivity index is 2.33. The monoisotopic (exact) mass is 119 g/mol. The van der Waals surface area contributed by atoms with Gasteiger partial charge in [0.05, 0.1) is 13.2 Å². The van der Waals surface area contributed by atoms with E-state index in [0.717, 1.165) is 0 Å². The van der Waals surface area contributed by atoms with Gasteiger partial charge < -0.3 is 4.74 Å². The van der Waals surface area contributed by atoms with E-state index in [1.807, 2.05) is 0 Å². The standard InChI is InChI=1S/C5H10FNO/c6-5(7)1-3-8-4-2-5/h1-4,7H2. The Kier molecular flexibility index (Phi) is 1.49. The second-order valence-corrected chi connectivity index (χ2v) is 2.15. The lowest BCUT2D eigenvalue weighted by Gasteiger charge is -2.24. The maximum absolute atomic E-state index is 12.6. The molecule has 0 aliphatic carbocycles. The Labute approximate surface area is 47.8 Å². The molecule has 1 aliphatic rings. The van der Waals surface area contributed by atoms with Gasteiger partial charge in [-0.05, 0) is 0 Å². The van der Waals surface area contributed by atoms with Gasteiger partial charge in [-0.25, -0.2) is 4.39 Å². The van der Waals surface area contributed by atoms with E-state index in [1.54, 1.807) is 0 Å². The van der Waals surface area contributed by atoms with Crippen LogP contribution in [0.3, 0.4) is 0 Å². The molecule has 0 atom stereocenters. The van der Waals surface area contributed by atoms with Crippen molar-refractivity contribution < 1.29 is 9.13 Å². The summed E-state index contributed by atoms with van der Waals surface area (Å²) in [5.41, 5.74) is 5.13. The van der Waals surface area contributed by atoms with Crippen LogP contribution in [0.15, 0.2) is 0 Å². The van der Waals surface area contributed by atoms with Crippen LogP contribution in [-0.2, 0) is 4.74 Å². The summed E-state index contributed by atoms with van der Waals surface area (Å²) in [6, 6.07) is 0. The first-order valence-electron chi connectivity index (χ1n) is 2.76. The normalized spacial score (nSPS) is 27.8. The Morgan fingerprint density at radius 1 is 1.38 bits per heavy atom. The third-order valence-electron chi connectivity index (χ3n) is 1.32. The third kappa shape index (κ3) is 1.42. The van der Waals surface area contributed by atoms with Crippen LogP contribution in [0.2, 0.25) is 0 Å². The highest BCUT2D eigenvalue weighted by Gasteiger charge is 2.26. The smallest absolute Gasteiger partial charge is 0.163 e. The molecule has 1 rings (SSSR count). The molecule has 48 valence electrons. The zero-order chi connectivity index (χ0) is 6.04. The van der Waals surface area contributed by atoms with Crippen molar-refractivity contribution in [3.63, 3.8) is 0 Å². The highest BCUT2D eigenvalue weighted by atomic mass is 19.1. The molecule has 1 saturated heterocycles. The SMILES string of the molecule is NC1(F)CCOCC1. The molecule has 0 unspecified atom stereocenters. The van der Waals surface area contributed by atoms with Gasteiger partial charge in [0.25, 0.3) is 0 Å². The molecule has 1 fully saturated rings. The highest BCUT2D eigenvalue weighted by molar-refractivity contribution is 4.73. The minimum atomic E-state index is -1.45. The van der Waals surface area contributed by atoms with E-state index in [4.69, 9.17) is 10.5 Å². The fraction of sp³-hybridized carbons (Fsp3) is 1.00. The largest absolute Gasteiger partial charge is 0.381 e. The van der Waals surface area contributed by atoms with Crippen molar-refractivity contribution in [2.75, 3.05) is 13.2 Å². The first-order chi connectivity index (χ1) is 3.71. The molecular formula is C5H10FNO. The summed E-state index contributed by atoms with van der Waals surface area (Å²) in [6.45, 7) is 0.931. The minimum absolute atomic E-state index is 0.340. The van der Waals surface area contributed by atoms with Gasteiger partial charge in [0.1, 0.15) is 0 Å². The number of ether oxygens (including phenoxy) is 1. The summed E-state index contributed by atoms with van der Waals surface area (Å²) in [7, 11) is 0. The van der Waals surface area contributed by atoms with E-state index in [1.165, 1.54) is 0 Å². The van der Waals surface area contributed by atoms with Gasteiger partial charge in [0, 0.05) is 12.8 Å². The number of rotatable bonds is 0. The summed E-state index contributed by atoms with van der Waals surface area (Å²) < 4.78 is 17.5. The number of nitrogens with two attached hydrogens (primary N) is 1. The van der Waals surface area contributed by atoms with Crippen LogP contribution >= 0.6 is 0 Å². The van der Waals surface area contributed by atoms with E-state index < -0.39 is 5.79 Å². The summed E-state index contributed by atoms with van der Waals surface area (Å²) >= 11 is 0. The van der Waals surface area contributed by atoms with Gasteiger partial charge in [-0.3, -0.25) is 5.73 Å². The second-order valence-electron chi connectivity index (χ2n) is 2.15. The maximum Gasteiger partial charge on any atom is 0.163 e. The zero-order valence-corrected chi connectivity index (χ0v) is 4.69.